The third-order valence-corrected chi connectivity index (χ3v) is 2.58. The van der Waals surface area contributed by atoms with E-state index in [1.165, 1.54) is 18.3 Å². The van der Waals surface area contributed by atoms with Crippen LogP contribution in [0.2, 0.25) is 0 Å². The fourth-order valence-corrected chi connectivity index (χ4v) is 1.58. The van der Waals surface area contributed by atoms with Gasteiger partial charge in [-0.05, 0) is 42.3 Å². The summed E-state index contributed by atoms with van der Waals surface area (Å²) in [5.74, 6) is 0.185. The Labute approximate surface area is 116 Å². The van der Waals surface area contributed by atoms with Gasteiger partial charge in [-0.15, -0.1) is 0 Å². The minimum Gasteiger partial charge on any atom is -0.314 e. The standard InChI is InChI=1S/C15H14FN3O/c1-11-4-3-8-17-14(11)19-15(20)18-9-7-12-5-2-6-13(16)10-12/h2-10H,1H3,(H2,17,18,19,20)/b9-7+. The maximum atomic E-state index is 12.9. The molecule has 0 saturated heterocycles. The molecule has 0 spiro atoms. The van der Waals surface area contributed by atoms with Crippen LogP contribution in [0.15, 0.2) is 48.8 Å². The van der Waals surface area contributed by atoms with Crippen molar-refractivity contribution in [3.8, 4) is 0 Å². The van der Waals surface area contributed by atoms with Gasteiger partial charge >= 0.3 is 6.03 Å². The molecule has 2 rings (SSSR count). The molecule has 4 nitrogen and oxygen atoms in total. The second-order valence-electron chi connectivity index (χ2n) is 4.16. The van der Waals surface area contributed by atoms with Crippen LogP contribution in [0.1, 0.15) is 11.1 Å². The third kappa shape index (κ3) is 3.91. The lowest BCUT2D eigenvalue weighted by atomic mass is 10.2. The predicted molar refractivity (Wildman–Crippen MR) is 76.6 cm³/mol. The van der Waals surface area contributed by atoms with Crippen molar-refractivity contribution in [3.05, 3.63) is 65.7 Å². The number of anilines is 1. The van der Waals surface area contributed by atoms with E-state index in [0.29, 0.717) is 11.4 Å². The van der Waals surface area contributed by atoms with Crippen molar-refractivity contribution in [3.63, 3.8) is 0 Å². The van der Waals surface area contributed by atoms with Gasteiger partial charge in [0.05, 0.1) is 0 Å². The number of hydrogen-bond acceptors (Lipinski definition) is 2. The Morgan fingerprint density at radius 1 is 1.30 bits per heavy atom. The molecule has 0 radical (unpaired) electrons. The molecule has 0 aliphatic rings. The summed E-state index contributed by atoms with van der Waals surface area (Å²) in [6, 6.07) is 9.32. The lowest BCUT2D eigenvalue weighted by Crippen LogP contribution is -2.24. The molecule has 102 valence electrons. The number of nitrogens with one attached hydrogen (secondary N) is 2. The summed E-state index contributed by atoms with van der Waals surface area (Å²) in [5.41, 5.74) is 1.54. The van der Waals surface area contributed by atoms with Gasteiger partial charge in [0.25, 0.3) is 0 Å². The van der Waals surface area contributed by atoms with E-state index < -0.39 is 6.03 Å². The Kier molecular flexibility index (Phi) is 4.44. The van der Waals surface area contributed by atoms with Crippen LogP contribution in [-0.4, -0.2) is 11.0 Å². The number of benzene rings is 1. The largest absolute Gasteiger partial charge is 0.324 e. The van der Waals surface area contributed by atoms with E-state index in [1.54, 1.807) is 30.5 Å². The van der Waals surface area contributed by atoms with Crippen molar-refractivity contribution >= 4 is 17.9 Å². The smallest absolute Gasteiger partial charge is 0.314 e. The second kappa shape index (κ2) is 6.47. The fourth-order valence-electron chi connectivity index (χ4n) is 1.58. The SMILES string of the molecule is Cc1cccnc1NC(=O)N/C=C/c1cccc(F)c1. The molecule has 1 heterocycles. The topological polar surface area (TPSA) is 54.0 Å². The van der Waals surface area contributed by atoms with Crippen LogP contribution in [-0.2, 0) is 0 Å². The van der Waals surface area contributed by atoms with Gasteiger partial charge in [0.2, 0.25) is 0 Å². The van der Waals surface area contributed by atoms with Crippen molar-refractivity contribution in [1.29, 1.82) is 0 Å². The van der Waals surface area contributed by atoms with Crippen molar-refractivity contribution in [2.24, 2.45) is 0 Å². The number of pyridine rings is 1. The molecule has 0 aliphatic heterocycles. The van der Waals surface area contributed by atoms with Crippen molar-refractivity contribution in [1.82, 2.24) is 10.3 Å². The molecule has 2 amide bonds. The predicted octanol–water partition coefficient (Wildman–Crippen LogP) is 3.32. The summed E-state index contributed by atoms with van der Waals surface area (Å²) < 4.78 is 12.9. The van der Waals surface area contributed by atoms with Gasteiger partial charge in [-0.3, -0.25) is 5.32 Å². The molecular formula is C15H14FN3O. The first-order chi connectivity index (χ1) is 9.65. The number of aryl methyl sites for hydroxylation is 1. The van der Waals surface area contributed by atoms with E-state index in [4.69, 9.17) is 0 Å². The number of halogens is 1. The summed E-state index contributed by atoms with van der Waals surface area (Å²) in [7, 11) is 0. The summed E-state index contributed by atoms with van der Waals surface area (Å²) >= 11 is 0. The normalized spacial score (nSPS) is 10.5. The Bertz CT molecular complexity index is 641. The lowest BCUT2D eigenvalue weighted by molar-refractivity contribution is 0.255. The van der Waals surface area contributed by atoms with Gasteiger partial charge in [-0.1, -0.05) is 18.2 Å². The molecule has 1 aromatic heterocycles. The van der Waals surface area contributed by atoms with Gasteiger partial charge in [-0.25, -0.2) is 14.2 Å². The van der Waals surface area contributed by atoms with E-state index in [0.717, 1.165) is 5.56 Å². The maximum Gasteiger partial charge on any atom is 0.324 e. The fraction of sp³-hybridized carbons (Fsp3) is 0.0667. The van der Waals surface area contributed by atoms with Crippen molar-refractivity contribution in [2.75, 3.05) is 5.32 Å². The molecule has 1 aromatic carbocycles. The molecule has 0 aliphatic carbocycles. The average molecular weight is 271 g/mol. The monoisotopic (exact) mass is 271 g/mol. The number of amides is 2. The van der Waals surface area contributed by atoms with Crippen LogP contribution in [0.5, 0.6) is 0 Å². The average Bonchev–Trinajstić information content (AvgIpc) is 2.41. The zero-order chi connectivity index (χ0) is 14.4. The number of nitrogens with zero attached hydrogens (tertiary/aromatic N) is 1. The molecule has 2 N–H and O–H groups in total. The van der Waals surface area contributed by atoms with Gasteiger partial charge in [0.1, 0.15) is 11.6 Å². The van der Waals surface area contributed by atoms with E-state index in [1.807, 2.05) is 13.0 Å². The van der Waals surface area contributed by atoms with Gasteiger partial charge < -0.3 is 5.32 Å². The molecule has 20 heavy (non-hydrogen) atoms. The first-order valence-electron chi connectivity index (χ1n) is 6.06. The molecule has 0 unspecified atom stereocenters. The third-order valence-electron chi connectivity index (χ3n) is 2.58. The highest BCUT2D eigenvalue weighted by Crippen LogP contribution is 2.08. The van der Waals surface area contributed by atoms with Gasteiger partial charge in [0, 0.05) is 12.4 Å². The van der Waals surface area contributed by atoms with Crippen molar-refractivity contribution in [2.45, 2.75) is 6.92 Å². The number of urea groups is 1. The van der Waals surface area contributed by atoms with Crippen LogP contribution in [0.3, 0.4) is 0 Å². The van der Waals surface area contributed by atoms with Gasteiger partial charge in [-0.2, -0.15) is 0 Å². The zero-order valence-corrected chi connectivity index (χ0v) is 10.9. The Morgan fingerprint density at radius 2 is 2.15 bits per heavy atom. The van der Waals surface area contributed by atoms with E-state index >= 15 is 0 Å². The maximum absolute atomic E-state index is 12.9. The summed E-state index contributed by atoms with van der Waals surface area (Å²) in [5, 5.41) is 5.15. The first kappa shape index (κ1) is 13.7. The van der Waals surface area contributed by atoms with Crippen LogP contribution in [0.25, 0.3) is 6.08 Å². The molecule has 5 heteroatoms. The molecule has 2 aromatic rings. The van der Waals surface area contributed by atoms with E-state index in [-0.39, 0.29) is 5.82 Å². The summed E-state index contributed by atoms with van der Waals surface area (Å²) in [4.78, 5) is 15.7. The summed E-state index contributed by atoms with van der Waals surface area (Å²) in [6.07, 6.45) is 4.65. The number of aromatic nitrogens is 1. The zero-order valence-electron chi connectivity index (χ0n) is 10.9. The summed E-state index contributed by atoms with van der Waals surface area (Å²) in [6.45, 7) is 1.85. The number of rotatable bonds is 3. The van der Waals surface area contributed by atoms with Crippen LogP contribution >= 0.6 is 0 Å². The van der Waals surface area contributed by atoms with Crippen LogP contribution < -0.4 is 10.6 Å². The van der Waals surface area contributed by atoms with E-state index in [2.05, 4.69) is 15.6 Å². The second-order valence-corrected chi connectivity index (χ2v) is 4.16. The number of carbonyl (C=O) groups excluding carboxylic acids is 1. The van der Waals surface area contributed by atoms with Crippen LogP contribution in [0.4, 0.5) is 15.0 Å². The van der Waals surface area contributed by atoms with Gasteiger partial charge in [0.15, 0.2) is 0 Å². The number of hydrogen-bond donors (Lipinski definition) is 2. The van der Waals surface area contributed by atoms with Crippen molar-refractivity contribution < 1.29 is 9.18 Å². The molecule has 0 fully saturated rings. The molecule has 0 bridgehead atoms. The molecular weight excluding hydrogens is 257 g/mol. The highest BCUT2D eigenvalue weighted by atomic mass is 19.1. The molecule has 0 atom stereocenters. The Hall–Kier alpha value is -2.69. The highest BCUT2D eigenvalue weighted by Gasteiger charge is 2.02. The Morgan fingerprint density at radius 3 is 2.90 bits per heavy atom. The quantitative estimate of drug-likeness (QED) is 0.899. The Balaban J connectivity index is 1.91. The van der Waals surface area contributed by atoms with Crippen LogP contribution in [0, 0.1) is 12.7 Å². The minimum atomic E-state index is -0.403. The lowest BCUT2D eigenvalue weighted by Gasteiger charge is -2.05. The number of carbonyl (C=O) groups is 1. The molecule has 0 saturated carbocycles. The highest BCUT2D eigenvalue weighted by molar-refractivity contribution is 5.89. The van der Waals surface area contributed by atoms with E-state index in [9.17, 15) is 9.18 Å². The first-order valence-corrected chi connectivity index (χ1v) is 6.06. The minimum absolute atomic E-state index is 0.319.